The molecule has 0 N–H and O–H groups in total. The van der Waals surface area contributed by atoms with Crippen LogP contribution in [0.4, 0.5) is 0 Å². The molecule has 3 rings (SSSR count). The van der Waals surface area contributed by atoms with Gasteiger partial charge in [-0.05, 0) is 6.92 Å². The lowest BCUT2D eigenvalue weighted by Crippen LogP contribution is -2.64. The molecular formula is C15H21NO6. The molecule has 0 saturated carbocycles. The van der Waals surface area contributed by atoms with E-state index in [1.54, 1.807) is 6.92 Å². The van der Waals surface area contributed by atoms with Crippen molar-refractivity contribution >= 4 is 17.8 Å². The Bertz CT molecular complexity index is 567. The zero-order chi connectivity index (χ0) is 16.5. The van der Waals surface area contributed by atoms with Crippen molar-refractivity contribution < 1.29 is 28.6 Å². The lowest BCUT2D eigenvalue weighted by atomic mass is 9.77. The standard InChI is InChI=1S/C15H21NO6/c1-13(2,3)11-16-10(18)8-6-9(17)22-14(8,4)15(16,7-21-11)12(19)20-5/h8,11H,6-7H2,1-5H3/t8-,11-,14-,15-/m0/s1. The minimum absolute atomic E-state index is 0.0125. The second kappa shape index (κ2) is 4.22. The number of ether oxygens (including phenoxy) is 3. The smallest absolute Gasteiger partial charge is 0.338 e. The van der Waals surface area contributed by atoms with Gasteiger partial charge in [-0.15, -0.1) is 0 Å². The molecule has 3 aliphatic heterocycles. The number of hydrogen-bond acceptors (Lipinski definition) is 6. The van der Waals surface area contributed by atoms with Crippen LogP contribution in [0, 0.1) is 11.3 Å². The molecule has 3 aliphatic rings. The summed E-state index contributed by atoms with van der Waals surface area (Å²) in [6.45, 7) is 7.39. The summed E-state index contributed by atoms with van der Waals surface area (Å²) in [5, 5.41) is 0. The molecule has 3 saturated heterocycles. The molecule has 122 valence electrons. The Kier molecular flexibility index (Phi) is 2.93. The molecule has 0 aromatic rings. The molecule has 0 unspecified atom stereocenters. The van der Waals surface area contributed by atoms with Crippen LogP contribution in [-0.2, 0) is 28.6 Å². The Morgan fingerprint density at radius 2 is 2.00 bits per heavy atom. The Hall–Kier alpha value is -1.63. The van der Waals surface area contributed by atoms with Gasteiger partial charge in [0, 0.05) is 5.41 Å². The highest BCUT2D eigenvalue weighted by molar-refractivity contribution is 6.00. The lowest BCUT2D eigenvalue weighted by Gasteiger charge is -2.40. The molecule has 3 heterocycles. The Morgan fingerprint density at radius 1 is 1.36 bits per heavy atom. The summed E-state index contributed by atoms with van der Waals surface area (Å²) >= 11 is 0. The number of rotatable bonds is 1. The van der Waals surface area contributed by atoms with Gasteiger partial charge in [0.1, 0.15) is 6.23 Å². The number of esters is 2. The van der Waals surface area contributed by atoms with Crippen LogP contribution >= 0.6 is 0 Å². The second-order valence-electron chi connectivity index (χ2n) is 7.43. The van der Waals surface area contributed by atoms with E-state index in [2.05, 4.69) is 0 Å². The van der Waals surface area contributed by atoms with Crippen molar-refractivity contribution in [2.75, 3.05) is 13.7 Å². The van der Waals surface area contributed by atoms with Gasteiger partial charge in [0.25, 0.3) is 0 Å². The molecule has 1 amide bonds. The largest absolute Gasteiger partial charge is 0.467 e. The number of nitrogens with zero attached hydrogens (tertiary/aromatic N) is 1. The fourth-order valence-electron chi connectivity index (χ4n) is 3.97. The van der Waals surface area contributed by atoms with Gasteiger partial charge in [0.15, 0.2) is 5.60 Å². The van der Waals surface area contributed by atoms with Gasteiger partial charge in [-0.1, -0.05) is 20.8 Å². The number of carbonyl (C=O) groups excluding carboxylic acids is 3. The summed E-state index contributed by atoms with van der Waals surface area (Å²) < 4.78 is 16.2. The van der Waals surface area contributed by atoms with Crippen LogP contribution in [0.3, 0.4) is 0 Å². The first-order valence-corrected chi connectivity index (χ1v) is 7.34. The fourth-order valence-corrected chi connectivity index (χ4v) is 3.97. The Labute approximate surface area is 128 Å². The molecular weight excluding hydrogens is 290 g/mol. The Balaban J connectivity index is 2.17. The van der Waals surface area contributed by atoms with Gasteiger partial charge in [-0.2, -0.15) is 0 Å². The van der Waals surface area contributed by atoms with Crippen LogP contribution in [0.25, 0.3) is 0 Å². The summed E-state index contributed by atoms with van der Waals surface area (Å²) in [6, 6.07) is 0. The van der Waals surface area contributed by atoms with E-state index < -0.39 is 35.2 Å². The van der Waals surface area contributed by atoms with Gasteiger partial charge in [0.2, 0.25) is 11.4 Å². The summed E-state index contributed by atoms with van der Waals surface area (Å²) in [6.07, 6.45) is -0.582. The van der Waals surface area contributed by atoms with Crippen molar-refractivity contribution in [3.63, 3.8) is 0 Å². The van der Waals surface area contributed by atoms with Crippen LogP contribution in [0.15, 0.2) is 0 Å². The van der Waals surface area contributed by atoms with E-state index in [9.17, 15) is 14.4 Å². The van der Waals surface area contributed by atoms with E-state index in [-0.39, 0.29) is 24.3 Å². The SMILES string of the molecule is COC(=O)[C@]12CO[C@@H](C(C)(C)C)N1C(=O)[C@@H]1CC(=O)O[C@@]12C. The van der Waals surface area contributed by atoms with Crippen molar-refractivity contribution in [3.8, 4) is 0 Å². The van der Waals surface area contributed by atoms with Gasteiger partial charge in [-0.3, -0.25) is 14.5 Å². The minimum Gasteiger partial charge on any atom is -0.467 e. The number of amides is 1. The van der Waals surface area contributed by atoms with Crippen molar-refractivity contribution in [3.05, 3.63) is 0 Å². The van der Waals surface area contributed by atoms with Crippen LogP contribution in [-0.4, -0.2) is 53.8 Å². The predicted octanol–water partition coefficient (Wildman–Crippen LogP) is 0.465. The van der Waals surface area contributed by atoms with E-state index in [0.717, 1.165) is 0 Å². The first kappa shape index (κ1) is 15.3. The second-order valence-corrected chi connectivity index (χ2v) is 7.43. The third-order valence-electron chi connectivity index (χ3n) is 5.08. The topological polar surface area (TPSA) is 82.1 Å². The highest BCUT2D eigenvalue weighted by Crippen LogP contribution is 2.56. The number of fused-ring (bicyclic) bond motifs is 3. The van der Waals surface area contributed by atoms with E-state index in [0.29, 0.717) is 0 Å². The monoisotopic (exact) mass is 311 g/mol. The third-order valence-corrected chi connectivity index (χ3v) is 5.08. The maximum absolute atomic E-state index is 12.9. The van der Waals surface area contributed by atoms with Gasteiger partial charge >= 0.3 is 11.9 Å². The molecule has 4 atom stereocenters. The van der Waals surface area contributed by atoms with Crippen molar-refractivity contribution in [2.24, 2.45) is 11.3 Å². The lowest BCUT2D eigenvalue weighted by molar-refractivity contribution is -0.175. The quantitative estimate of drug-likeness (QED) is 0.655. The van der Waals surface area contributed by atoms with E-state index in [1.807, 2.05) is 20.8 Å². The molecule has 7 heteroatoms. The maximum atomic E-state index is 12.9. The van der Waals surface area contributed by atoms with E-state index >= 15 is 0 Å². The van der Waals surface area contributed by atoms with Gasteiger partial charge < -0.3 is 14.2 Å². The third kappa shape index (κ3) is 1.52. The summed E-state index contributed by atoms with van der Waals surface area (Å²) in [7, 11) is 1.26. The number of hydrogen-bond donors (Lipinski definition) is 0. The molecule has 0 bridgehead atoms. The molecule has 0 aromatic heterocycles. The molecule has 0 aliphatic carbocycles. The maximum Gasteiger partial charge on any atom is 0.338 e. The zero-order valence-electron chi connectivity index (χ0n) is 13.5. The summed E-state index contributed by atoms with van der Waals surface area (Å²) in [5.74, 6) is -2.03. The normalized spacial score (nSPS) is 40.5. The first-order valence-electron chi connectivity index (χ1n) is 7.34. The minimum atomic E-state index is -1.41. The van der Waals surface area contributed by atoms with Crippen molar-refractivity contribution in [2.45, 2.75) is 51.5 Å². The van der Waals surface area contributed by atoms with Gasteiger partial charge in [-0.25, -0.2) is 4.79 Å². The predicted molar refractivity (Wildman–Crippen MR) is 73.4 cm³/mol. The zero-order valence-corrected chi connectivity index (χ0v) is 13.5. The molecule has 3 fully saturated rings. The molecule has 22 heavy (non-hydrogen) atoms. The summed E-state index contributed by atoms with van der Waals surface area (Å²) in [4.78, 5) is 38.7. The average Bonchev–Trinajstić information content (AvgIpc) is 3.00. The highest BCUT2D eigenvalue weighted by Gasteiger charge is 2.79. The van der Waals surface area contributed by atoms with E-state index in [4.69, 9.17) is 14.2 Å². The number of carbonyl (C=O) groups is 3. The average molecular weight is 311 g/mol. The van der Waals surface area contributed by atoms with Crippen molar-refractivity contribution in [1.29, 1.82) is 0 Å². The van der Waals surface area contributed by atoms with Crippen LogP contribution in [0.2, 0.25) is 0 Å². The summed E-state index contributed by atoms with van der Waals surface area (Å²) in [5.41, 5.74) is -3.05. The number of methoxy groups -OCH3 is 1. The van der Waals surface area contributed by atoms with Gasteiger partial charge in [0.05, 0.1) is 26.1 Å². The highest BCUT2D eigenvalue weighted by atomic mass is 16.6. The van der Waals surface area contributed by atoms with Crippen LogP contribution in [0.1, 0.15) is 34.1 Å². The molecule has 0 aromatic carbocycles. The van der Waals surface area contributed by atoms with Crippen molar-refractivity contribution in [1.82, 2.24) is 4.90 Å². The molecule has 0 radical (unpaired) electrons. The molecule has 0 spiro atoms. The Morgan fingerprint density at radius 3 is 2.55 bits per heavy atom. The fraction of sp³-hybridized carbons (Fsp3) is 0.800. The van der Waals surface area contributed by atoms with E-state index in [1.165, 1.54) is 12.0 Å². The van der Waals surface area contributed by atoms with Crippen LogP contribution < -0.4 is 0 Å². The molecule has 7 nitrogen and oxygen atoms in total. The first-order chi connectivity index (χ1) is 10.1. The van der Waals surface area contributed by atoms with Crippen LogP contribution in [0.5, 0.6) is 0 Å².